The molecule has 0 spiro atoms. The number of pyridine rings is 1. The normalized spacial score (nSPS) is 19.5. The molecule has 0 radical (unpaired) electrons. The van der Waals surface area contributed by atoms with E-state index in [0.717, 1.165) is 23.2 Å². The first-order valence-corrected chi connectivity index (χ1v) is 10.3. The number of carbonyl (C=O) groups is 2. The Morgan fingerprint density at radius 1 is 1.23 bits per heavy atom. The Morgan fingerprint density at radius 3 is 2.73 bits per heavy atom. The average molecular weight is 411 g/mol. The Morgan fingerprint density at radius 2 is 2.00 bits per heavy atom. The lowest BCUT2D eigenvalue weighted by molar-refractivity contribution is -0.119. The van der Waals surface area contributed by atoms with E-state index in [-0.39, 0.29) is 17.9 Å². The number of amides is 2. The molecule has 2 bridgehead atoms. The first-order valence-electron chi connectivity index (χ1n) is 10.3. The van der Waals surface area contributed by atoms with E-state index in [9.17, 15) is 9.59 Å². The van der Waals surface area contributed by atoms with Crippen LogP contribution in [-0.4, -0.2) is 22.6 Å². The number of hydrogen-bond donors (Lipinski definition) is 3. The Bertz CT molecular complexity index is 936. The van der Waals surface area contributed by atoms with Gasteiger partial charge in [0, 0.05) is 23.4 Å². The lowest BCUT2D eigenvalue weighted by Crippen LogP contribution is -2.35. The molecule has 2 aromatic rings. The molecule has 3 rings (SSSR count). The zero-order valence-electron chi connectivity index (χ0n) is 18.0. The van der Waals surface area contributed by atoms with Gasteiger partial charge in [-0.05, 0) is 63.4 Å². The Kier molecular flexibility index (Phi) is 6.29. The van der Waals surface area contributed by atoms with E-state index in [0.29, 0.717) is 24.2 Å². The minimum absolute atomic E-state index is 0.0478. The van der Waals surface area contributed by atoms with Crippen molar-refractivity contribution in [1.29, 1.82) is 0 Å². The molecule has 2 heterocycles. The maximum atomic E-state index is 12.7. The molecule has 0 aliphatic carbocycles. The summed E-state index contributed by atoms with van der Waals surface area (Å²) >= 11 is 0. The second-order valence-electron chi connectivity index (χ2n) is 8.79. The summed E-state index contributed by atoms with van der Waals surface area (Å²) in [6.45, 7) is 7.39. The fourth-order valence-electron chi connectivity index (χ4n) is 3.48. The fraction of sp³-hybridized carbons (Fsp3) is 0.435. The van der Waals surface area contributed by atoms with Crippen LogP contribution in [0.3, 0.4) is 0 Å². The largest absolute Gasteiger partial charge is 0.444 e. The number of alkyl carbamates (subject to hydrolysis) is 1. The van der Waals surface area contributed by atoms with Crippen LogP contribution < -0.4 is 16.4 Å². The summed E-state index contributed by atoms with van der Waals surface area (Å²) in [5.74, 6) is -0.222. The third kappa shape index (κ3) is 5.49. The number of nitrogens with two attached hydrogens (primary N) is 1. The highest BCUT2D eigenvalue weighted by Gasteiger charge is 2.24. The van der Waals surface area contributed by atoms with Crippen molar-refractivity contribution in [3.63, 3.8) is 0 Å². The predicted molar refractivity (Wildman–Crippen MR) is 118 cm³/mol. The first-order chi connectivity index (χ1) is 14.1. The van der Waals surface area contributed by atoms with Crippen molar-refractivity contribution in [3.8, 4) is 11.1 Å². The molecule has 1 aliphatic rings. The molecule has 0 fully saturated rings. The van der Waals surface area contributed by atoms with Crippen LogP contribution in [0.15, 0.2) is 36.5 Å². The predicted octanol–water partition coefficient (Wildman–Crippen LogP) is 4.66. The van der Waals surface area contributed by atoms with Gasteiger partial charge in [-0.2, -0.15) is 0 Å². The van der Waals surface area contributed by atoms with Gasteiger partial charge in [-0.3, -0.25) is 9.78 Å². The molecule has 30 heavy (non-hydrogen) atoms. The molecular weight excluding hydrogens is 380 g/mol. The van der Waals surface area contributed by atoms with Crippen LogP contribution in [0.25, 0.3) is 11.1 Å². The van der Waals surface area contributed by atoms with Gasteiger partial charge < -0.3 is 21.1 Å². The quantitative estimate of drug-likeness (QED) is 0.593. The van der Waals surface area contributed by atoms with Crippen molar-refractivity contribution in [2.75, 3.05) is 11.1 Å². The number of nitrogens with zero attached hydrogens (tertiary/aromatic N) is 1. The number of nitrogen functional groups attached to an aromatic ring is 1. The van der Waals surface area contributed by atoms with Gasteiger partial charge in [0.05, 0.1) is 17.4 Å². The smallest absolute Gasteiger partial charge is 0.408 e. The zero-order chi connectivity index (χ0) is 21.9. The number of hydrogen-bond acceptors (Lipinski definition) is 5. The third-order valence-corrected chi connectivity index (χ3v) is 5.02. The summed E-state index contributed by atoms with van der Waals surface area (Å²) < 4.78 is 5.44. The minimum Gasteiger partial charge on any atom is -0.444 e. The van der Waals surface area contributed by atoms with Crippen LogP contribution >= 0.6 is 0 Å². The Balaban J connectivity index is 2.00. The number of carbonyl (C=O) groups excluding carboxylic acids is 2. The van der Waals surface area contributed by atoms with Crippen molar-refractivity contribution < 1.29 is 14.3 Å². The third-order valence-electron chi connectivity index (χ3n) is 5.02. The van der Waals surface area contributed by atoms with Crippen LogP contribution in [0.5, 0.6) is 0 Å². The zero-order valence-corrected chi connectivity index (χ0v) is 18.0. The number of benzene rings is 1. The highest BCUT2D eigenvalue weighted by atomic mass is 16.6. The standard InChI is InChI=1S/C23H30N4O3/c1-14-6-5-7-18(27-22(29)30-23(2,3)4)20-12-15(10-11-25-20)17-9-8-16(24)13-19(17)26-21(14)28/h8-14,18H,5-7,24H2,1-4H3,(H,26,28)(H,27,29). The molecule has 0 saturated heterocycles. The van der Waals surface area contributed by atoms with E-state index in [1.165, 1.54) is 0 Å². The molecule has 2 amide bonds. The van der Waals surface area contributed by atoms with E-state index >= 15 is 0 Å². The van der Waals surface area contributed by atoms with E-state index in [1.807, 2.05) is 45.9 Å². The lowest BCUT2D eigenvalue weighted by Gasteiger charge is -2.25. The average Bonchev–Trinajstić information content (AvgIpc) is 2.65. The second kappa shape index (κ2) is 8.73. The number of anilines is 2. The summed E-state index contributed by atoms with van der Waals surface area (Å²) in [4.78, 5) is 29.6. The van der Waals surface area contributed by atoms with Gasteiger partial charge in [-0.15, -0.1) is 0 Å². The van der Waals surface area contributed by atoms with Crippen LogP contribution in [-0.2, 0) is 9.53 Å². The molecule has 7 heteroatoms. The number of rotatable bonds is 1. The molecule has 2 atom stereocenters. The van der Waals surface area contributed by atoms with Gasteiger partial charge in [0.2, 0.25) is 5.91 Å². The molecule has 1 aromatic heterocycles. The van der Waals surface area contributed by atoms with Crippen LogP contribution in [0.1, 0.15) is 58.7 Å². The first kappa shape index (κ1) is 21.6. The second-order valence-corrected chi connectivity index (χ2v) is 8.79. The molecule has 0 saturated carbocycles. The Labute approximate surface area is 177 Å². The molecule has 160 valence electrons. The van der Waals surface area contributed by atoms with Crippen molar-refractivity contribution in [2.24, 2.45) is 5.92 Å². The topological polar surface area (TPSA) is 106 Å². The van der Waals surface area contributed by atoms with E-state index in [4.69, 9.17) is 10.5 Å². The Hall–Kier alpha value is -3.09. The van der Waals surface area contributed by atoms with Gasteiger partial charge in [0.15, 0.2) is 0 Å². The molecule has 4 N–H and O–H groups in total. The number of fused-ring (bicyclic) bond motifs is 4. The highest BCUT2D eigenvalue weighted by molar-refractivity contribution is 5.97. The van der Waals surface area contributed by atoms with E-state index in [1.54, 1.807) is 18.3 Å². The summed E-state index contributed by atoms with van der Waals surface area (Å²) in [6.07, 6.45) is 3.33. The van der Waals surface area contributed by atoms with Crippen LogP contribution in [0, 0.1) is 5.92 Å². The van der Waals surface area contributed by atoms with Gasteiger partial charge >= 0.3 is 6.09 Å². The summed E-state index contributed by atoms with van der Waals surface area (Å²) in [5, 5.41) is 5.97. The maximum Gasteiger partial charge on any atom is 0.408 e. The minimum atomic E-state index is -0.587. The van der Waals surface area contributed by atoms with Gasteiger partial charge in [-0.1, -0.05) is 19.4 Å². The highest BCUT2D eigenvalue weighted by Crippen LogP contribution is 2.33. The lowest BCUT2D eigenvalue weighted by atomic mass is 9.95. The van der Waals surface area contributed by atoms with E-state index < -0.39 is 11.7 Å². The fourth-order valence-corrected chi connectivity index (χ4v) is 3.48. The van der Waals surface area contributed by atoms with Crippen molar-refractivity contribution >= 4 is 23.4 Å². The number of nitrogens with one attached hydrogen (secondary N) is 2. The summed E-state index contributed by atoms with van der Waals surface area (Å²) in [6, 6.07) is 8.96. The van der Waals surface area contributed by atoms with Gasteiger partial charge in [0.25, 0.3) is 0 Å². The van der Waals surface area contributed by atoms with E-state index in [2.05, 4.69) is 15.6 Å². The number of aromatic nitrogens is 1. The number of ether oxygens (including phenoxy) is 1. The molecular formula is C23H30N4O3. The molecule has 7 nitrogen and oxygen atoms in total. The van der Waals surface area contributed by atoms with Crippen LogP contribution in [0.2, 0.25) is 0 Å². The van der Waals surface area contributed by atoms with Gasteiger partial charge in [0.1, 0.15) is 5.60 Å². The van der Waals surface area contributed by atoms with Crippen LogP contribution in [0.4, 0.5) is 16.2 Å². The molecule has 1 aromatic carbocycles. The van der Waals surface area contributed by atoms with Crippen molar-refractivity contribution in [3.05, 3.63) is 42.2 Å². The maximum absolute atomic E-state index is 12.7. The molecule has 2 unspecified atom stereocenters. The SMILES string of the molecule is CC1CCCC(NC(=O)OC(C)(C)C)c2cc(ccn2)-c2ccc(N)cc2NC1=O. The summed E-state index contributed by atoms with van der Waals surface area (Å²) in [5.41, 5.74) is 9.11. The van der Waals surface area contributed by atoms with Crippen molar-refractivity contribution in [2.45, 2.75) is 58.6 Å². The van der Waals surface area contributed by atoms with Crippen molar-refractivity contribution in [1.82, 2.24) is 10.3 Å². The van der Waals surface area contributed by atoms with Gasteiger partial charge in [-0.25, -0.2) is 4.79 Å². The monoisotopic (exact) mass is 410 g/mol. The molecule has 1 aliphatic heterocycles. The summed E-state index contributed by atoms with van der Waals surface area (Å²) in [7, 11) is 0.